The predicted molar refractivity (Wildman–Crippen MR) is 273 cm³/mol. The van der Waals surface area contributed by atoms with Gasteiger partial charge in [-0.1, -0.05) is 206 Å². The second-order valence-corrected chi connectivity index (χ2v) is 16.8. The number of nitrogens with zero attached hydrogens (tertiary/aromatic N) is 5. The minimum absolute atomic E-state index is 0.552. The SMILES string of the molecule is c1ccc(-c2ccc(-c3nc(-c4ccccc4)nc(-n4c5ccccc5c5ccc6c7ccccc7n(-c7ccc(-c8ccc9ccccc9c8)cc7-c7ccccc7)c6c54)n3)cc2)cc1. The lowest BCUT2D eigenvalue weighted by Crippen LogP contribution is -2.07. The van der Waals surface area contributed by atoms with Crippen molar-refractivity contribution in [2.45, 2.75) is 0 Å². The van der Waals surface area contributed by atoms with Gasteiger partial charge in [0.1, 0.15) is 0 Å². The van der Waals surface area contributed by atoms with Crippen molar-refractivity contribution in [3.05, 3.63) is 237 Å². The summed E-state index contributed by atoms with van der Waals surface area (Å²) in [5.41, 5.74) is 14.1. The summed E-state index contributed by atoms with van der Waals surface area (Å²) in [5, 5.41) is 7.01. The van der Waals surface area contributed by atoms with Gasteiger partial charge in [-0.05, 0) is 68.9 Å². The highest BCUT2D eigenvalue weighted by atomic mass is 15.2. The highest BCUT2D eigenvalue weighted by Crippen LogP contribution is 2.44. The van der Waals surface area contributed by atoms with Gasteiger partial charge in [0.2, 0.25) is 5.95 Å². The highest BCUT2D eigenvalue weighted by Gasteiger charge is 2.25. The third-order valence-corrected chi connectivity index (χ3v) is 13.0. The topological polar surface area (TPSA) is 48.5 Å². The summed E-state index contributed by atoms with van der Waals surface area (Å²) in [4.78, 5) is 15.9. The van der Waals surface area contributed by atoms with Crippen molar-refractivity contribution in [2.75, 3.05) is 0 Å². The van der Waals surface area contributed by atoms with E-state index in [1.54, 1.807) is 0 Å². The van der Waals surface area contributed by atoms with Gasteiger partial charge in [0, 0.05) is 38.2 Å². The van der Waals surface area contributed by atoms with Crippen LogP contribution in [-0.4, -0.2) is 24.1 Å². The van der Waals surface area contributed by atoms with Crippen molar-refractivity contribution >= 4 is 54.4 Å². The molecule has 0 aliphatic carbocycles. The van der Waals surface area contributed by atoms with E-state index in [9.17, 15) is 0 Å². The molecule has 0 unspecified atom stereocenters. The molecule has 5 heteroatoms. The number of hydrogen-bond acceptors (Lipinski definition) is 3. The normalized spacial score (nSPS) is 11.6. The van der Waals surface area contributed by atoms with E-state index in [-0.39, 0.29) is 0 Å². The maximum Gasteiger partial charge on any atom is 0.238 e. The Balaban J connectivity index is 1.11. The Labute approximate surface area is 381 Å². The minimum Gasteiger partial charge on any atom is -0.307 e. The zero-order valence-electron chi connectivity index (χ0n) is 35.8. The van der Waals surface area contributed by atoms with Crippen molar-refractivity contribution in [1.82, 2.24) is 24.1 Å². The molecule has 0 radical (unpaired) electrons. The summed E-state index contributed by atoms with van der Waals surface area (Å²) >= 11 is 0. The summed E-state index contributed by atoms with van der Waals surface area (Å²) in [7, 11) is 0. The molecule has 0 spiro atoms. The third kappa shape index (κ3) is 6.21. The lowest BCUT2D eigenvalue weighted by atomic mass is 9.95. The largest absolute Gasteiger partial charge is 0.307 e. The van der Waals surface area contributed by atoms with Crippen molar-refractivity contribution in [3.63, 3.8) is 0 Å². The maximum atomic E-state index is 5.40. The Bertz CT molecular complexity index is 3960. The van der Waals surface area contributed by atoms with Crippen LogP contribution < -0.4 is 0 Å². The monoisotopic (exact) mass is 841 g/mol. The number of benzene rings is 10. The van der Waals surface area contributed by atoms with Crippen LogP contribution in [0.15, 0.2) is 237 Å². The molecule has 0 saturated carbocycles. The second-order valence-electron chi connectivity index (χ2n) is 16.8. The van der Waals surface area contributed by atoms with E-state index in [2.05, 4.69) is 221 Å². The Morgan fingerprint density at radius 1 is 0.273 bits per heavy atom. The van der Waals surface area contributed by atoms with Crippen molar-refractivity contribution in [3.8, 4) is 67.8 Å². The standard InChI is InChI=1S/C61H39N5/c1-4-16-40(17-5-1)42-28-31-45(32-29-42)60-62-59(44-21-8-3-9-22-44)63-61(64-60)66-55-27-15-13-25-50(55)52-36-35-51-49-24-12-14-26-54(49)65(57(51)58(52)66)56-37-34-48(39-53(56)43-19-6-2-7-20-43)47-33-30-41-18-10-11-23-46(41)38-47/h1-39H. The molecule has 0 saturated heterocycles. The lowest BCUT2D eigenvalue weighted by Gasteiger charge is -2.17. The molecule has 10 aromatic carbocycles. The van der Waals surface area contributed by atoms with Crippen LogP contribution >= 0.6 is 0 Å². The van der Waals surface area contributed by atoms with E-state index in [0.717, 1.165) is 82.9 Å². The van der Waals surface area contributed by atoms with Crippen molar-refractivity contribution in [1.29, 1.82) is 0 Å². The summed E-state index contributed by atoms with van der Waals surface area (Å²) in [5.74, 6) is 1.77. The Morgan fingerprint density at radius 3 is 1.39 bits per heavy atom. The molecule has 0 atom stereocenters. The maximum absolute atomic E-state index is 5.40. The number of rotatable bonds is 7. The van der Waals surface area contributed by atoms with Crippen LogP contribution in [0.3, 0.4) is 0 Å². The van der Waals surface area contributed by atoms with E-state index in [1.807, 2.05) is 24.3 Å². The molecule has 0 bridgehead atoms. The van der Waals surface area contributed by atoms with Crippen LogP contribution in [0.4, 0.5) is 0 Å². The molecule has 66 heavy (non-hydrogen) atoms. The van der Waals surface area contributed by atoms with Crippen LogP contribution in [0.2, 0.25) is 0 Å². The Kier molecular flexibility index (Phi) is 8.78. The van der Waals surface area contributed by atoms with Gasteiger partial charge in [0.15, 0.2) is 11.6 Å². The van der Waals surface area contributed by atoms with Crippen LogP contribution in [0, 0.1) is 0 Å². The molecule has 0 amide bonds. The fourth-order valence-corrected chi connectivity index (χ4v) is 9.84. The van der Waals surface area contributed by atoms with Gasteiger partial charge in [-0.15, -0.1) is 0 Å². The number of hydrogen-bond donors (Lipinski definition) is 0. The van der Waals surface area contributed by atoms with E-state index in [0.29, 0.717) is 17.6 Å². The number of para-hydroxylation sites is 2. The third-order valence-electron chi connectivity index (χ3n) is 13.0. The van der Waals surface area contributed by atoms with Gasteiger partial charge < -0.3 is 4.57 Å². The molecule has 308 valence electrons. The van der Waals surface area contributed by atoms with Crippen molar-refractivity contribution in [2.24, 2.45) is 0 Å². The van der Waals surface area contributed by atoms with Gasteiger partial charge in [0.05, 0.1) is 27.8 Å². The van der Waals surface area contributed by atoms with Crippen LogP contribution in [0.5, 0.6) is 0 Å². The number of fused-ring (bicyclic) bond motifs is 8. The lowest BCUT2D eigenvalue weighted by molar-refractivity contribution is 0.953. The average Bonchev–Trinajstić information content (AvgIpc) is 3.92. The van der Waals surface area contributed by atoms with E-state index < -0.39 is 0 Å². The molecule has 13 rings (SSSR count). The van der Waals surface area contributed by atoms with E-state index >= 15 is 0 Å². The first-order valence-corrected chi connectivity index (χ1v) is 22.4. The highest BCUT2D eigenvalue weighted by molar-refractivity contribution is 6.24. The molecule has 3 heterocycles. The van der Waals surface area contributed by atoms with Gasteiger partial charge in [-0.25, -0.2) is 4.98 Å². The van der Waals surface area contributed by atoms with Crippen LogP contribution in [0.1, 0.15) is 0 Å². The first-order chi connectivity index (χ1) is 32.7. The summed E-state index contributed by atoms with van der Waals surface area (Å²) < 4.78 is 4.74. The first kappa shape index (κ1) is 37.6. The zero-order valence-corrected chi connectivity index (χ0v) is 35.8. The van der Waals surface area contributed by atoms with Gasteiger partial charge in [-0.3, -0.25) is 4.57 Å². The Morgan fingerprint density at radius 2 is 0.727 bits per heavy atom. The quantitative estimate of drug-likeness (QED) is 0.161. The molecule has 0 aliphatic rings. The van der Waals surface area contributed by atoms with Gasteiger partial charge >= 0.3 is 0 Å². The first-order valence-electron chi connectivity index (χ1n) is 22.4. The van der Waals surface area contributed by atoms with E-state index in [4.69, 9.17) is 15.0 Å². The molecule has 0 aliphatic heterocycles. The Hall–Kier alpha value is -8.93. The second kappa shape index (κ2) is 15.4. The van der Waals surface area contributed by atoms with E-state index in [1.165, 1.54) is 21.7 Å². The fraction of sp³-hybridized carbons (Fsp3) is 0. The van der Waals surface area contributed by atoms with Crippen molar-refractivity contribution < 1.29 is 0 Å². The predicted octanol–water partition coefficient (Wildman–Crippen LogP) is 15.6. The summed E-state index contributed by atoms with van der Waals surface area (Å²) in [6.45, 7) is 0. The zero-order chi connectivity index (χ0) is 43.6. The van der Waals surface area contributed by atoms with Crippen LogP contribution in [0.25, 0.3) is 122 Å². The molecular weight excluding hydrogens is 803 g/mol. The summed E-state index contributed by atoms with van der Waals surface area (Å²) in [6.07, 6.45) is 0. The van der Waals surface area contributed by atoms with Gasteiger partial charge in [0.25, 0.3) is 0 Å². The molecule has 0 fully saturated rings. The summed E-state index contributed by atoms with van der Waals surface area (Å²) in [6, 6.07) is 84.2. The smallest absolute Gasteiger partial charge is 0.238 e. The van der Waals surface area contributed by atoms with Crippen LogP contribution in [-0.2, 0) is 0 Å². The fourth-order valence-electron chi connectivity index (χ4n) is 9.84. The molecule has 13 aromatic rings. The molecule has 5 nitrogen and oxygen atoms in total. The molecule has 0 N–H and O–H groups in total. The minimum atomic E-state index is 0.552. The molecule has 3 aromatic heterocycles. The van der Waals surface area contributed by atoms with Gasteiger partial charge in [-0.2, -0.15) is 9.97 Å². The average molecular weight is 842 g/mol. The molecular formula is C61H39N5. The number of aromatic nitrogens is 5.